The minimum Gasteiger partial charge on any atom is -0.455 e. The molecule has 0 radical (unpaired) electrons. The second-order valence-electron chi connectivity index (χ2n) is 4.56. The number of rotatable bonds is 2. The molecule has 0 spiro atoms. The van der Waals surface area contributed by atoms with Crippen molar-refractivity contribution in [1.82, 2.24) is 4.98 Å². The minimum atomic E-state index is -0.287. The third-order valence-electron chi connectivity index (χ3n) is 3.14. The lowest BCUT2D eigenvalue weighted by molar-refractivity contribution is 0.479. The van der Waals surface area contributed by atoms with Crippen LogP contribution in [-0.4, -0.2) is 4.98 Å². The van der Waals surface area contributed by atoms with Crippen LogP contribution in [0.3, 0.4) is 0 Å². The van der Waals surface area contributed by atoms with E-state index in [1.165, 1.54) is 12.1 Å². The zero-order chi connectivity index (χ0) is 14.1. The smallest absolute Gasteiger partial charge is 0.151 e. The highest BCUT2D eigenvalue weighted by Crippen LogP contribution is 2.34. The fourth-order valence-electron chi connectivity index (χ4n) is 2.09. The zero-order valence-corrected chi connectivity index (χ0v) is 10.9. The first-order valence-electron chi connectivity index (χ1n) is 6.22. The lowest BCUT2D eigenvalue weighted by atomic mass is 10.1. The highest BCUT2D eigenvalue weighted by molar-refractivity contribution is 5.93. The maximum absolute atomic E-state index is 13.1. The SMILES string of the molecule is Cc1cc(F)ccc1Oc1ccc2ncccc2c1N. The predicted octanol–water partition coefficient (Wildman–Crippen LogP) is 4.06. The van der Waals surface area contributed by atoms with Gasteiger partial charge in [-0.3, -0.25) is 4.98 Å². The van der Waals surface area contributed by atoms with Crippen LogP contribution in [0.1, 0.15) is 5.56 Å². The van der Waals surface area contributed by atoms with Gasteiger partial charge < -0.3 is 10.5 Å². The van der Waals surface area contributed by atoms with Crippen molar-refractivity contribution >= 4 is 16.6 Å². The van der Waals surface area contributed by atoms with Crippen LogP contribution in [0.5, 0.6) is 11.5 Å². The predicted molar refractivity (Wildman–Crippen MR) is 77.4 cm³/mol. The maximum atomic E-state index is 13.1. The summed E-state index contributed by atoms with van der Waals surface area (Å²) in [6.45, 7) is 1.79. The molecule has 0 aliphatic rings. The number of hydrogen-bond donors (Lipinski definition) is 1. The van der Waals surface area contributed by atoms with E-state index < -0.39 is 0 Å². The lowest BCUT2D eigenvalue weighted by Crippen LogP contribution is -1.95. The van der Waals surface area contributed by atoms with E-state index in [0.29, 0.717) is 17.2 Å². The van der Waals surface area contributed by atoms with Crippen molar-refractivity contribution < 1.29 is 9.13 Å². The first-order valence-corrected chi connectivity index (χ1v) is 6.22. The summed E-state index contributed by atoms with van der Waals surface area (Å²) in [4.78, 5) is 4.23. The lowest BCUT2D eigenvalue weighted by Gasteiger charge is -2.12. The van der Waals surface area contributed by atoms with Gasteiger partial charge in [0.25, 0.3) is 0 Å². The van der Waals surface area contributed by atoms with Crippen LogP contribution in [0.25, 0.3) is 10.9 Å². The molecule has 0 unspecified atom stereocenters. The summed E-state index contributed by atoms with van der Waals surface area (Å²) in [5.41, 5.74) is 8.17. The second-order valence-corrected chi connectivity index (χ2v) is 4.56. The Hall–Kier alpha value is -2.62. The Balaban J connectivity index is 2.04. The van der Waals surface area contributed by atoms with Gasteiger partial charge >= 0.3 is 0 Å². The fourth-order valence-corrected chi connectivity index (χ4v) is 2.09. The Labute approximate surface area is 115 Å². The van der Waals surface area contributed by atoms with Gasteiger partial charge in [0.05, 0.1) is 11.2 Å². The summed E-state index contributed by atoms with van der Waals surface area (Å²) in [7, 11) is 0. The molecule has 0 bridgehead atoms. The first kappa shape index (κ1) is 12.4. The number of nitrogen functional groups attached to an aromatic ring is 1. The van der Waals surface area contributed by atoms with Crippen LogP contribution >= 0.6 is 0 Å². The number of nitrogens with two attached hydrogens (primary N) is 1. The third kappa shape index (κ3) is 2.16. The second kappa shape index (κ2) is 4.81. The van der Waals surface area contributed by atoms with Crippen molar-refractivity contribution in [3.63, 3.8) is 0 Å². The van der Waals surface area contributed by atoms with Crippen molar-refractivity contribution in [3.8, 4) is 11.5 Å². The number of fused-ring (bicyclic) bond motifs is 1. The van der Waals surface area contributed by atoms with Gasteiger partial charge in [-0.15, -0.1) is 0 Å². The summed E-state index contributed by atoms with van der Waals surface area (Å²) < 4.78 is 18.9. The number of hydrogen-bond acceptors (Lipinski definition) is 3. The average Bonchev–Trinajstić information content (AvgIpc) is 2.45. The van der Waals surface area contributed by atoms with Crippen LogP contribution in [-0.2, 0) is 0 Å². The average molecular weight is 268 g/mol. The van der Waals surface area contributed by atoms with E-state index in [2.05, 4.69) is 4.98 Å². The number of nitrogens with zero attached hydrogens (tertiary/aromatic N) is 1. The molecule has 3 aromatic rings. The number of pyridine rings is 1. The molecule has 1 aromatic heterocycles. The third-order valence-corrected chi connectivity index (χ3v) is 3.14. The first-order chi connectivity index (χ1) is 9.65. The minimum absolute atomic E-state index is 0.287. The van der Waals surface area contributed by atoms with Gasteiger partial charge in [-0.25, -0.2) is 4.39 Å². The van der Waals surface area contributed by atoms with Gasteiger partial charge in [0.2, 0.25) is 0 Å². The standard InChI is InChI=1S/C16H13FN2O/c1-10-9-11(17)4-6-14(10)20-15-7-5-13-12(16(15)18)3-2-8-19-13/h2-9H,18H2,1H3. The van der Waals surface area contributed by atoms with Gasteiger partial charge in [0.15, 0.2) is 5.75 Å². The van der Waals surface area contributed by atoms with Gasteiger partial charge in [0.1, 0.15) is 11.6 Å². The van der Waals surface area contributed by atoms with E-state index in [9.17, 15) is 4.39 Å². The number of aryl methyl sites for hydroxylation is 1. The summed E-state index contributed by atoms with van der Waals surface area (Å²) in [5, 5.41) is 0.838. The molecule has 0 aliphatic carbocycles. The highest BCUT2D eigenvalue weighted by atomic mass is 19.1. The number of aromatic nitrogens is 1. The highest BCUT2D eigenvalue weighted by Gasteiger charge is 2.09. The van der Waals surface area contributed by atoms with Crippen molar-refractivity contribution in [1.29, 1.82) is 0 Å². The van der Waals surface area contributed by atoms with Gasteiger partial charge in [-0.2, -0.15) is 0 Å². The molecule has 100 valence electrons. The van der Waals surface area contributed by atoms with Crippen LogP contribution in [0.2, 0.25) is 0 Å². The van der Waals surface area contributed by atoms with E-state index in [1.807, 2.05) is 18.2 Å². The summed E-state index contributed by atoms with van der Waals surface area (Å²) in [5.74, 6) is 0.840. The summed E-state index contributed by atoms with van der Waals surface area (Å²) in [6, 6.07) is 11.7. The van der Waals surface area contributed by atoms with Crippen LogP contribution in [0.4, 0.5) is 10.1 Å². The quantitative estimate of drug-likeness (QED) is 0.713. The van der Waals surface area contributed by atoms with Crippen LogP contribution in [0, 0.1) is 12.7 Å². The molecule has 2 N–H and O–H groups in total. The van der Waals surface area contributed by atoms with E-state index in [4.69, 9.17) is 10.5 Å². The molecule has 0 atom stereocenters. The van der Waals surface area contributed by atoms with E-state index >= 15 is 0 Å². The van der Waals surface area contributed by atoms with E-state index in [-0.39, 0.29) is 5.82 Å². The van der Waals surface area contributed by atoms with Crippen molar-refractivity contribution in [2.45, 2.75) is 6.92 Å². The molecule has 0 amide bonds. The normalized spacial score (nSPS) is 10.7. The van der Waals surface area contributed by atoms with E-state index in [0.717, 1.165) is 16.5 Å². The molecule has 0 saturated heterocycles. The van der Waals surface area contributed by atoms with Crippen molar-refractivity contribution in [2.24, 2.45) is 0 Å². The maximum Gasteiger partial charge on any atom is 0.151 e. The Morgan fingerprint density at radius 2 is 1.90 bits per heavy atom. The molecule has 4 heteroatoms. The molecular formula is C16H13FN2O. The molecule has 3 nitrogen and oxygen atoms in total. The van der Waals surface area contributed by atoms with E-state index in [1.54, 1.807) is 25.3 Å². The van der Waals surface area contributed by atoms with Crippen molar-refractivity contribution in [2.75, 3.05) is 5.73 Å². The molecule has 20 heavy (non-hydrogen) atoms. The number of ether oxygens (including phenoxy) is 1. The zero-order valence-electron chi connectivity index (χ0n) is 10.9. The van der Waals surface area contributed by atoms with Crippen LogP contribution < -0.4 is 10.5 Å². The Morgan fingerprint density at radius 1 is 1.10 bits per heavy atom. The monoisotopic (exact) mass is 268 g/mol. The molecular weight excluding hydrogens is 255 g/mol. The Morgan fingerprint density at radius 3 is 2.70 bits per heavy atom. The molecule has 0 aliphatic heterocycles. The van der Waals surface area contributed by atoms with Gasteiger partial charge in [-0.1, -0.05) is 0 Å². The number of anilines is 1. The summed E-state index contributed by atoms with van der Waals surface area (Å²) >= 11 is 0. The molecule has 1 heterocycles. The number of benzene rings is 2. The topological polar surface area (TPSA) is 48.1 Å². The van der Waals surface area contributed by atoms with Crippen molar-refractivity contribution in [3.05, 3.63) is 60.0 Å². The largest absolute Gasteiger partial charge is 0.455 e. The fraction of sp³-hybridized carbons (Fsp3) is 0.0625. The molecule has 2 aromatic carbocycles. The molecule has 3 rings (SSSR count). The Kier molecular flexibility index (Phi) is 2.99. The molecule has 0 saturated carbocycles. The Bertz CT molecular complexity index is 787. The number of halogens is 1. The summed E-state index contributed by atoms with van der Waals surface area (Å²) in [6.07, 6.45) is 1.71. The molecule has 0 fully saturated rings. The van der Waals surface area contributed by atoms with Gasteiger partial charge in [0, 0.05) is 11.6 Å². The van der Waals surface area contributed by atoms with Gasteiger partial charge in [-0.05, 0) is 55.0 Å². The van der Waals surface area contributed by atoms with Crippen LogP contribution in [0.15, 0.2) is 48.7 Å².